The summed E-state index contributed by atoms with van der Waals surface area (Å²) in [5.41, 5.74) is 4.02. The van der Waals surface area contributed by atoms with Crippen LogP contribution in [-0.4, -0.2) is 5.71 Å². The average molecular weight is 176 g/mol. The van der Waals surface area contributed by atoms with Crippen molar-refractivity contribution in [3.05, 3.63) is 40.6 Å². The van der Waals surface area contributed by atoms with E-state index in [0.717, 1.165) is 5.71 Å². The van der Waals surface area contributed by atoms with Crippen molar-refractivity contribution < 1.29 is 0 Å². The molecule has 0 fully saturated rings. The van der Waals surface area contributed by atoms with Crippen LogP contribution in [0.25, 0.3) is 0 Å². The van der Waals surface area contributed by atoms with Crippen molar-refractivity contribution in [3.8, 4) is 0 Å². The van der Waals surface area contributed by atoms with E-state index in [2.05, 4.69) is 10.5 Å². The van der Waals surface area contributed by atoms with Gasteiger partial charge in [-0.25, -0.2) is 0 Å². The molecule has 0 radical (unpaired) electrons. The number of nitrogens with zero attached hydrogens (tertiary/aromatic N) is 1. The zero-order chi connectivity index (χ0) is 9.68. The van der Waals surface area contributed by atoms with Gasteiger partial charge in [0, 0.05) is 5.71 Å². The molecular formula is C10H12N2O. The zero-order valence-corrected chi connectivity index (χ0v) is 7.74. The molecule has 3 heteroatoms. The van der Waals surface area contributed by atoms with E-state index in [-0.39, 0.29) is 5.43 Å². The molecule has 0 heterocycles. The molecule has 0 unspecified atom stereocenters. The van der Waals surface area contributed by atoms with Gasteiger partial charge < -0.3 is 0 Å². The molecule has 13 heavy (non-hydrogen) atoms. The number of nitrogens with one attached hydrogen (secondary N) is 1. The van der Waals surface area contributed by atoms with Gasteiger partial charge in [-0.15, -0.1) is 0 Å². The third-order valence-electron chi connectivity index (χ3n) is 1.40. The van der Waals surface area contributed by atoms with Gasteiger partial charge in [0.1, 0.15) is 5.69 Å². The van der Waals surface area contributed by atoms with Crippen LogP contribution in [0, 0.1) is 0 Å². The fourth-order valence-electron chi connectivity index (χ4n) is 0.795. The predicted molar refractivity (Wildman–Crippen MR) is 55.1 cm³/mol. The number of rotatable bonds is 2. The van der Waals surface area contributed by atoms with Gasteiger partial charge >= 0.3 is 0 Å². The third-order valence-corrected chi connectivity index (χ3v) is 1.40. The fourth-order valence-corrected chi connectivity index (χ4v) is 0.795. The maximum Gasteiger partial charge on any atom is 0.203 e. The highest BCUT2D eigenvalue weighted by Gasteiger charge is 1.91. The average Bonchev–Trinajstić information content (AvgIpc) is 2.27. The summed E-state index contributed by atoms with van der Waals surface area (Å²) in [4.78, 5) is 11.3. The van der Waals surface area contributed by atoms with E-state index in [9.17, 15) is 4.79 Å². The summed E-state index contributed by atoms with van der Waals surface area (Å²) in [5.74, 6) is 0. The van der Waals surface area contributed by atoms with Crippen molar-refractivity contribution in [2.45, 2.75) is 13.8 Å². The van der Waals surface area contributed by atoms with Crippen LogP contribution in [0.15, 0.2) is 40.2 Å². The van der Waals surface area contributed by atoms with E-state index >= 15 is 0 Å². The molecule has 0 aliphatic rings. The highest BCUT2D eigenvalue weighted by molar-refractivity contribution is 5.79. The molecule has 1 N–H and O–H groups in total. The molecule has 0 spiro atoms. The molecule has 3 nitrogen and oxygen atoms in total. The minimum atomic E-state index is -0.0602. The van der Waals surface area contributed by atoms with Crippen LogP contribution in [0.1, 0.15) is 13.8 Å². The topological polar surface area (TPSA) is 41.5 Å². The van der Waals surface area contributed by atoms with Gasteiger partial charge in [-0.05, 0) is 26.0 Å². The first-order valence-corrected chi connectivity index (χ1v) is 4.06. The summed E-state index contributed by atoms with van der Waals surface area (Å²) in [5, 5.41) is 3.95. The molecule has 0 amide bonds. The minimum absolute atomic E-state index is 0.0602. The fraction of sp³-hybridized carbons (Fsp3) is 0.200. The lowest BCUT2D eigenvalue weighted by atomic mass is 10.4. The van der Waals surface area contributed by atoms with Gasteiger partial charge in [0.25, 0.3) is 0 Å². The van der Waals surface area contributed by atoms with Gasteiger partial charge in [-0.1, -0.05) is 18.2 Å². The van der Waals surface area contributed by atoms with Gasteiger partial charge in [0.15, 0.2) is 0 Å². The molecule has 0 saturated heterocycles. The third kappa shape index (κ3) is 3.07. The Hall–Kier alpha value is -1.64. The van der Waals surface area contributed by atoms with E-state index in [1.165, 1.54) is 6.07 Å². The van der Waals surface area contributed by atoms with Gasteiger partial charge in [-0.3, -0.25) is 10.2 Å². The second-order valence-corrected chi connectivity index (χ2v) is 2.86. The first-order chi connectivity index (χ1) is 6.20. The maximum absolute atomic E-state index is 11.3. The van der Waals surface area contributed by atoms with E-state index in [1.807, 2.05) is 13.8 Å². The molecule has 68 valence electrons. The van der Waals surface area contributed by atoms with Gasteiger partial charge in [-0.2, -0.15) is 5.10 Å². The Balaban J connectivity index is 2.97. The molecule has 1 rings (SSSR count). The van der Waals surface area contributed by atoms with Crippen LogP contribution in [-0.2, 0) is 0 Å². The van der Waals surface area contributed by atoms with E-state index in [0.29, 0.717) is 5.69 Å². The highest BCUT2D eigenvalue weighted by atomic mass is 16.1. The smallest absolute Gasteiger partial charge is 0.203 e. The van der Waals surface area contributed by atoms with Crippen molar-refractivity contribution in [2.24, 2.45) is 5.10 Å². The second-order valence-electron chi connectivity index (χ2n) is 2.86. The summed E-state index contributed by atoms with van der Waals surface area (Å²) < 4.78 is 0. The van der Waals surface area contributed by atoms with Crippen molar-refractivity contribution in [2.75, 3.05) is 5.43 Å². The number of hydrogen-bond acceptors (Lipinski definition) is 3. The lowest BCUT2D eigenvalue weighted by Crippen LogP contribution is -2.04. The molecule has 0 saturated carbocycles. The van der Waals surface area contributed by atoms with Crippen LogP contribution >= 0.6 is 0 Å². The maximum atomic E-state index is 11.3. The summed E-state index contributed by atoms with van der Waals surface area (Å²) in [6, 6.07) is 8.51. The molecule has 0 atom stereocenters. The van der Waals surface area contributed by atoms with Crippen molar-refractivity contribution in [1.82, 2.24) is 0 Å². The summed E-state index contributed by atoms with van der Waals surface area (Å²) in [7, 11) is 0. The van der Waals surface area contributed by atoms with E-state index in [1.54, 1.807) is 24.3 Å². The second kappa shape index (κ2) is 4.40. The van der Waals surface area contributed by atoms with E-state index < -0.39 is 0 Å². The van der Waals surface area contributed by atoms with Gasteiger partial charge in [0.05, 0.1) is 0 Å². The molecule has 0 aliphatic heterocycles. The zero-order valence-electron chi connectivity index (χ0n) is 7.74. The van der Waals surface area contributed by atoms with Crippen LogP contribution in [0.4, 0.5) is 5.69 Å². The quantitative estimate of drug-likeness (QED) is 0.552. The lowest BCUT2D eigenvalue weighted by molar-refractivity contribution is 1.31. The molecule has 0 bridgehead atoms. The predicted octanol–water partition coefficient (Wildman–Crippen LogP) is 1.85. The largest absolute Gasteiger partial charge is 0.288 e. The number of hydrazone groups is 1. The Morgan fingerprint density at radius 2 is 1.92 bits per heavy atom. The summed E-state index contributed by atoms with van der Waals surface area (Å²) >= 11 is 0. The number of anilines is 1. The highest BCUT2D eigenvalue weighted by Crippen LogP contribution is 1.96. The summed E-state index contributed by atoms with van der Waals surface area (Å²) in [6.45, 7) is 3.72. The molecular weight excluding hydrogens is 164 g/mol. The standard InChI is InChI=1S/C10H12N2O/c1-8(2)11-12-9-6-4-3-5-7-10(9)13/h3-7H,1-2H3,(H,12,13). The van der Waals surface area contributed by atoms with Gasteiger partial charge in [0.2, 0.25) is 5.43 Å². The lowest BCUT2D eigenvalue weighted by Gasteiger charge is -1.95. The van der Waals surface area contributed by atoms with Crippen LogP contribution in [0.3, 0.4) is 0 Å². The monoisotopic (exact) mass is 176 g/mol. The Labute approximate surface area is 77.1 Å². The minimum Gasteiger partial charge on any atom is -0.288 e. The molecule has 1 aromatic rings. The molecule has 0 aliphatic carbocycles. The SMILES string of the molecule is CC(C)=NNc1cccccc1=O. The normalized spacial score (nSPS) is 9.08. The Kier molecular flexibility index (Phi) is 3.20. The van der Waals surface area contributed by atoms with Crippen molar-refractivity contribution >= 4 is 11.4 Å². The first kappa shape index (κ1) is 9.45. The Bertz CT molecular complexity index is 367. The van der Waals surface area contributed by atoms with E-state index in [4.69, 9.17) is 0 Å². The summed E-state index contributed by atoms with van der Waals surface area (Å²) in [6.07, 6.45) is 0. The van der Waals surface area contributed by atoms with Crippen LogP contribution < -0.4 is 10.9 Å². The van der Waals surface area contributed by atoms with Crippen LogP contribution in [0.2, 0.25) is 0 Å². The molecule has 1 aromatic carbocycles. The van der Waals surface area contributed by atoms with Crippen molar-refractivity contribution in [1.29, 1.82) is 0 Å². The van der Waals surface area contributed by atoms with Crippen LogP contribution in [0.5, 0.6) is 0 Å². The number of hydrogen-bond donors (Lipinski definition) is 1. The Morgan fingerprint density at radius 3 is 2.62 bits per heavy atom. The Morgan fingerprint density at radius 1 is 1.23 bits per heavy atom. The first-order valence-electron chi connectivity index (χ1n) is 4.06. The van der Waals surface area contributed by atoms with Crippen molar-refractivity contribution in [3.63, 3.8) is 0 Å². The molecule has 0 aromatic heterocycles.